The van der Waals surface area contributed by atoms with Crippen molar-refractivity contribution >= 4 is 27.5 Å². The maximum atomic E-state index is 9.52. The molecule has 1 aromatic carbocycles. The summed E-state index contributed by atoms with van der Waals surface area (Å²) in [7, 11) is 0. The first-order valence-corrected chi connectivity index (χ1v) is 7.19. The summed E-state index contributed by atoms with van der Waals surface area (Å²) >= 11 is 9.62. The number of aliphatic hydroxyl groups is 1. The van der Waals surface area contributed by atoms with E-state index in [0.717, 1.165) is 10.0 Å². The molecule has 2 N–H and O–H groups in total. The van der Waals surface area contributed by atoms with E-state index in [0.29, 0.717) is 11.1 Å². The second-order valence-electron chi connectivity index (χ2n) is 4.55. The van der Waals surface area contributed by atoms with Crippen LogP contribution in [0.1, 0.15) is 37.3 Å². The molecule has 0 spiro atoms. The zero-order valence-electron chi connectivity index (χ0n) is 9.63. The van der Waals surface area contributed by atoms with Gasteiger partial charge in [-0.15, -0.1) is 0 Å². The van der Waals surface area contributed by atoms with Gasteiger partial charge in [-0.25, -0.2) is 0 Å². The van der Waals surface area contributed by atoms with E-state index in [1.54, 1.807) is 0 Å². The fourth-order valence-electron chi connectivity index (χ4n) is 2.40. The lowest BCUT2D eigenvalue weighted by molar-refractivity contribution is 0.233. The van der Waals surface area contributed by atoms with Crippen LogP contribution in [0.2, 0.25) is 5.02 Å². The summed E-state index contributed by atoms with van der Waals surface area (Å²) in [6.07, 6.45) is 4.95. The molecule has 1 unspecified atom stereocenters. The second kappa shape index (κ2) is 6.19. The smallest absolute Gasteiger partial charge is 0.0627 e. The number of benzene rings is 1. The Morgan fingerprint density at radius 1 is 1.41 bits per heavy atom. The average Bonchev–Trinajstić information content (AvgIpc) is 2.82. The van der Waals surface area contributed by atoms with Crippen molar-refractivity contribution in [2.75, 3.05) is 6.61 Å². The van der Waals surface area contributed by atoms with Crippen LogP contribution < -0.4 is 5.32 Å². The van der Waals surface area contributed by atoms with Gasteiger partial charge in [0.15, 0.2) is 0 Å². The number of hydrogen-bond donors (Lipinski definition) is 2. The van der Waals surface area contributed by atoms with Crippen LogP contribution in [0.4, 0.5) is 0 Å². The third-order valence-electron chi connectivity index (χ3n) is 3.31. The van der Waals surface area contributed by atoms with Crippen molar-refractivity contribution in [2.24, 2.45) is 0 Å². The first-order valence-electron chi connectivity index (χ1n) is 6.02. The Hall–Kier alpha value is -0.0900. The van der Waals surface area contributed by atoms with Gasteiger partial charge in [-0.2, -0.15) is 0 Å². The fraction of sp³-hybridized carbons (Fsp3) is 0.538. The number of hydrogen-bond acceptors (Lipinski definition) is 2. The third kappa shape index (κ3) is 3.44. The summed E-state index contributed by atoms with van der Waals surface area (Å²) in [4.78, 5) is 0. The van der Waals surface area contributed by atoms with E-state index in [2.05, 4.69) is 21.2 Å². The van der Waals surface area contributed by atoms with E-state index >= 15 is 0 Å². The molecule has 17 heavy (non-hydrogen) atoms. The largest absolute Gasteiger partial charge is 0.394 e. The van der Waals surface area contributed by atoms with Crippen molar-refractivity contribution in [3.8, 4) is 0 Å². The second-order valence-corrected chi connectivity index (χ2v) is 5.87. The summed E-state index contributed by atoms with van der Waals surface area (Å²) in [5, 5.41) is 13.7. The Morgan fingerprint density at radius 3 is 2.76 bits per heavy atom. The SMILES string of the molecule is OCC(NC1CCCC1)c1cc(Br)ccc1Cl. The van der Waals surface area contributed by atoms with Crippen LogP contribution in [0.3, 0.4) is 0 Å². The lowest BCUT2D eigenvalue weighted by Crippen LogP contribution is -2.32. The highest BCUT2D eigenvalue weighted by Gasteiger charge is 2.21. The molecule has 0 amide bonds. The van der Waals surface area contributed by atoms with Gasteiger partial charge in [0.2, 0.25) is 0 Å². The summed E-state index contributed by atoms with van der Waals surface area (Å²) < 4.78 is 0.989. The molecule has 0 radical (unpaired) electrons. The van der Waals surface area contributed by atoms with Gasteiger partial charge in [0, 0.05) is 15.5 Å². The molecular weight excluding hydrogens is 302 g/mol. The Bertz CT molecular complexity index is 380. The predicted molar refractivity (Wildman–Crippen MR) is 74.4 cm³/mol. The maximum absolute atomic E-state index is 9.52. The molecule has 1 atom stereocenters. The van der Waals surface area contributed by atoms with Crippen molar-refractivity contribution in [3.05, 3.63) is 33.3 Å². The lowest BCUT2D eigenvalue weighted by atomic mass is 10.1. The Balaban J connectivity index is 2.13. The van der Waals surface area contributed by atoms with Crippen molar-refractivity contribution < 1.29 is 5.11 Å². The highest BCUT2D eigenvalue weighted by atomic mass is 79.9. The third-order valence-corrected chi connectivity index (χ3v) is 4.15. The van der Waals surface area contributed by atoms with E-state index in [1.807, 2.05) is 18.2 Å². The van der Waals surface area contributed by atoms with Gasteiger partial charge in [0.1, 0.15) is 0 Å². The summed E-state index contributed by atoms with van der Waals surface area (Å²) in [6.45, 7) is 0.0761. The molecule has 0 heterocycles. The number of rotatable bonds is 4. The average molecular weight is 319 g/mol. The fourth-order valence-corrected chi connectivity index (χ4v) is 3.03. The van der Waals surface area contributed by atoms with E-state index < -0.39 is 0 Å². The molecule has 0 aromatic heterocycles. The molecular formula is C13H17BrClNO. The molecule has 0 saturated heterocycles. The topological polar surface area (TPSA) is 32.3 Å². The number of nitrogens with one attached hydrogen (secondary N) is 1. The molecule has 1 fully saturated rings. The molecule has 1 saturated carbocycles. The molecule has 4 heteroatoms. The minimum atomic E-state index is -0.0666. The molecule has 0 bridgehead atoms. The minimum Gasteiger partial charge on any atom is -0.394 e. The van der Waals surface area contributed by atoms with Crippen molar-refractivity contribution in [1.82, 2.24) is 5.32 Å². The van der Waals surface area contributed by atoms with E-state index in [-0.39, 0.29) is 12.6 Å². The quantitative estimate of drug-likeness (QED) is 0.888. The molecule has 2 rings (SSSR count). The highest BCUT2D eigenvalue weighted by molar-refractivity contribution is 9.10. The zero-order chi connectivity index (χ0) is 12.3. The summed E-state index contributed by atoms with van der Waals surface area (Å²) in [5.41, 5.74) is 0.968. The monoisotopic (exact) mass is 317 g/mol. The number of aliphatic hydroxyl groups excluding tert-OH is 1. The maximum Gasteiger partial charge on any atom is 0.0627 e. The highest BCUT2D eigenvalue weighted by Crippen LogP contribution is 2.28. The van der Waals surface area contributed by atoms with E-state index in [1.165, 1.54) is 25.7 Å². The zero-order valence-corrected chi connectivity index (χ0v) is 12.0. The normalized spacial score (nSPS) is 18.5. The van der Waals surface area contributed by atoms with Crippen LogP contribution >= 0.6 is 27.5 Å². The molecule has 94 valence electrons. The lowest BCUT2D eigenvalue weighted by Gasteiger charge is -2.22. The summed E-state index contributed by atoms with van der Waals surface area (Å²) in [5.74, 6) is 0. The van der Waals surface area contributed by atoms with Gasteiger partial charge in [-0.3, -0.25) is 0 Å². The molecule has 2 nitrogen and oxygen atoms in total. The van der Waals surface area contributed by atoms with Crippen LogP contribution in [0.25, 0.3) is 0 Å². The Labute approximate surface area is 115 Å². The minimum absolute atomic E-state index is 0.0666. The Kier molecular flexibility index (Phi) is 4.86. The van der Waals surface area contributed by atoms with Crippen LogP contribution in [0.15, 0.2) is 22.7 Å². The van der Waals surface area contributed by atoms with Gasteiger partial charge < -0.3 is 10.4 Å². The van der Waals surface area contributed by atoms with Crippen molar-refractivity contribution in [2.45, 2.75) is 37.8 Å². The van der Waals surface area contributed by atoms with Gasteiger partial charge in [-0.1, -0.05) is 40.4 Å². The standard InChI is InChI=1S/C13H17BrClNO/c14-9-5-6-12(15)11(7-9)13(8-17)16-10-3-1-2-4-10/h5-7,10,13,16-17H,1-4,8H2. The van der Waals surface area contributed by atoms with Gasteiger partial charge >= 0.3 is 0 Å². The first-order chi connectivity index (χ1) is 8.20. The van der Waals surface area contributed by atoms with Crippen LogP contribution in [-0.2, 0) is 0 Å². The van der Waals surface area contributed by atoms with Crippen molar-refractivity contribution in [1.29, 1.82) is 0 Å². The molecule has 1 aromatic rings. The van der Waals surface area contributed by atoms with Gasteiger partial charge in [0.05, 0.1) is 12.6 Å². The van der Waals surface area contributed by atoms with E-state index in [4.69, 9.17) is 11.6 Å². The molecule has 0 aliphatic heterocycles. The number of halogens is 2. The Morgan fingerprint density at radius 2 is 2.12 bits per heavy atom. The van der Waals surface area contributed by atoms with Gasteiger partial charge in [-0.05, 0) is 36.6 Å². The predicted octanol–water partition coefficient (Wildman–Crippen LogP) is 3.67. The van der Waals surface area contributed by atoms with Gasteiger partial charge in [0.25, 0.3) is 0 Å². The van der Waals surface area contributed by atoms with Crippen LogP contribution in [0.5, 0.6) is 0 Å². The molecule has 1 aliphatic rings. The summed E-state index contributed by atoms with van der Waals surface area (Å²) in [6, 6.07) is 6.20. The first kappa shape index (κ1) is 13.3. The van der Waals surface area contributed by atoms with Crippen LogP contribution in [0, 0.1) is 0 Å². The van der Waals surface area contributed by atoms with E-state index in [9.17, 15) is 5.11 Å². The molecule has 1 aliphatic carbocycles. The van der Waals surface area contributed by atoms with Crippen LogP contribution in [-0.4, -0.2) is 17.8 Å². The van der Waals surface area contributed by atoms with Crippen molar-refractivity contribution in [3.63, 3.8) is 0 Å².